The molecule has 2 aromatic rings. The maximum atomic E-state index is 12.5. The van der Waals surface area contributed by atoms with Gasteiger partial charge in [-0.1, -0.05) is 48.5 Å². The summed E-state index contributed by atoms with van der Waals surface area (Å²) in [5.41, 5.74) is 8.85. The SMILES string of the molecule is Nc1ccccc1CCC(=O)N1CCOC(c2ccccc2)C1. The Morgan fingerprint density at radius 3 is 2.65 bits per heavy atom. The highest BCUT2D eigenvalue weighted by Gasteiger charge is 2.25. The zero-order valence-corrected chi connectivity index (χ0v) is 13.2. The van der Waals surface area contributed by atoms with Crippen LogP contribution >= 0.6 is 0 Å². The summed E-state index contributed by atoms with van der Waals surface area (Å²) in [5, 5.41) is 0. The van der Waals surface area contributed by atoms with Crippen LogP contribution in [-0.4, -0.2) is 30.5 Å². The van der Waals surface area contributed by atoms with Gasteiger partial charge in [0.25, 0.3) is 0 Å². The van der Waals surface area contributed by atoms with Gasteiger partial charge in [-0.3, -0.25) is 4.79 Å². The molecule has 2 N–H and O–H groups in total. The van der Waals surface area contributed by atoms with E-state index in [4.69, 9.17) is 10.5 Å². The van der Waals surface area contributed by atoms with Crippen LogP contribution in [0.15, 0.2) is 54.6 Å². The largest absolute Gasteiger partial charge is 0.399 e. The minimum Gasteiger partial charge on any atom is -0.399 e. The average Bonchev–Trinajstić information content (AvgIpc) is 2.62. The Balaban J connectivity index is 1.58. The highest BCUT2D eigenvalue weighted by Crippen LogP contribution is 2.22. The standard InChI is InChI=1S/C19H22N2O2/c20-17-9-5-4-6-15(17)10-11-19(22)21-12-13-23-18(14-21)16-7-2-1-3-8-16/h1-9,18H,10-14,20H2. The van der Waals surface area contributed by atoms with Crippen LogP contribution in [0.25, 0.3) is 0 Å². The number of ether oxygens (including phenoxy) is 1. The molecule has 1 saturated heterocycles. The fourth-order valence-electron chi connectivity index (χ4n) is 2.91. The monoisotopic (exact) mass is 310 g/mol. The van der Waals surface area contributed by atoms with Gasteiger partial charge in [-0.25, -0.2) is 0 Å². The molecule has 1 heterocycles. The summed E-state index contributed by atoms with van der Waals surface area (Å²) in [4.78, 5) is 14.4. The van der Waals surface area contributed by atoms with Gasteiger partial charge >= 0.3 is 0 Å². The predicted molar refractivity (Wildman–Crippen MR) is 90.9 cm³/mol. The van der Waals surface area contributed by atoms with Crippen molar-refractivity contribution < 1.29 is 9.53 Å². The van der Waals surface area contributed by atoms with E-state index >= 15 is 0 Å². The number of carbonyl (C=O) groups excluding carboxylic acids is 1. The Bertz CT molecular complexity index is 657. The molecular formula is C19H22N2O2. The van der Waals surface area contributed by atoms with Gasteiger partial charge in [0, 0.05) is 18.7 Å². The first kappa shape index (κ1) is 15.6. The van der Waals surface area contributed by atoms with E-state index < -0.39 is 0 Å². The molecule has 2 aromatic carbocycles. The number of anilines is 1. The van der Waals surface area contributed by atoms with Crippen molar-refractivity contribution >= 4 is 11.6 Å². The van der Waals surface area contributed by atoms with E-state index in [0.29, 0.717) is 32.5 Å². The van der Waals surface area contributed by atoms with Gasteiger partial charge in [0.1, 0.15) is 6.10 Å². The molecule has 0 radical (unpaired) electrons. The number of morpholine rings is 1. The van der Waals surface area contributed by atoms with E-state index in [2.05, 4.69) is 0 Å². The van der Waals surface area contributed by atoms with Crippen LogP contribution in [0, 0.1) is 0 Å². The average molecular weight is 310 g/mol. The molecule has 1 aliphatic heterocycles. The third-order valence-electron chi connectivity index (χ3n) is 4.25. The Morgan fingerprint density at radius 2 is 1.87 bits per heavy atom. The second-order valence-electron chi connectivity index (χ2n) is 5.81. The lowest BCUT2D eigenvalue weighted by Gasteiger charge is -2.33. The molecule has 0 saturated carbocycles. The summed E-state index contributed by atoms with van der Waals surface area (Å²) in [6.07, 6.45) is 1.13. The lowest BCUT2D eigenvalue weighted by molar-refractivity contribution is -0.139. The quantitative estimate of drug-likeness (QED) is 0.884. The molecule has 1 amide bonds. The molecule has 1 aliphatic rings. The van der Waals surface area contributed by atoms with E-state index in [1.54, 1.807) is 0 Å². The second kappa shape index (κ2) is 7.29. The zero-order chi connectivity index (χ0) is 16.1. The lowest BCUT2D eigenvalue weighted by Crippen LogP contribution is -2.42. The van der Waals surface area contributed by atoms with E-state index in [1.807, 2.05) is 59.5 Å². The molecule has 1 fully saturated rings. The molecule has 1 unspecified atom stereocenters. The number of benzene rings is 2. The van der Waals surface area contributed by atoms with Crippen molar-refractivity contribution in [1.29, 1.82) is 0 Å². The van der Waals surface area contributed by atoms with Gasteiger partial charge in [-0.05, 0) is 23.6 Å². The van der Waals surface area contributed by atoms with Crippen molar-refractivity contribution in [1.82, 2.24) is 4.90 Å². The smallest absolute Gasteiger partial charge is 0.223 e. The van der Waals surface area contributed by atoms with Gasteiger partial charge in [0.05, 0.1) is 13.2 Å². The molecule has 4 heteroatoms. The minimum atomic E-state index is -0.0318. The number of rotatable bonds is 4. The number of nitrogens with zero attached hydrogens (tertiary/aromatic N) is 1. The fourth-order valence-corrected chi connectivity index (χ4v) is 2.91. The molecule has 0 bridgehead atoms. The van der Waals surface area contributed by atoms with Crippen molar-refractivity contribution in [2.24, 2.45) is 0 Å². The Hall–Kier alpha value is -2.33. The van der Waals surface area contributed by atoms with E-state index in [0.717, 1.165) is 16.8 Å². The summed E-state index contributed by atoms with van der Waals surface area (Å²) in [6, 6.07) is 17.8. The normalized spacial score (nSPS) is 17.9. The summed E-state index contributed by atoms with van der Waals surface area (Å²) >= 11 is 0. The topological polar surface area (TPSA) is 55.6 Å². The Labute approximate surface area is 136 Å². The molecule has 0 spiro atoms. The van der Waals surface area contributed by atoms with Crippen LogP contribution in [0.2, 0.25) is 0 Å². The van der Waals surface area contributed by atoms with E-state index in [1.165, 1.54) is 0 Å². The highest BCUT2D eigenvalue weighted by atomic mass is 16.5. The van der Waals surface area contributed by atoms with Gasteiger partial charge in [0.15, 0.2) is 0 Å². The third kappa shape index (κ3) is 3.90. The van der Waals surface area contributed by atoms with Gasteiger partial charge in [-0.15, -0.1) is 0 Å². The maximum Gasteiger partial charge on any atom is 0.223 e. The summed E-state index contributed by atoms with van der Waals surface area (Å²) in [5.74, 6) is 0.164. The number of nitrogens with two attached hydrogens (primary N) is 1. The number of nitrogen functional groups attached to an aromatic ring is 1. The second-order valence-corrected chi connectivity index (χ2v) is 5.81. The van der Waals surface area contributed by atoms with Gasteiger partial charge in [-0.2, -0.15) is 0 Å². The molecular weight excluding hydrogens is 288 g/mol. The highest BCUT2D eigenvalue weighted by molar-refractivity contribution is 5.77. The first-order valence-corrected chi connectivity index (χ1v) is 8.02. The number of para-hydroxylation sites is 1. The molecule has 0 aliphatic carbocycles. The van der Waals surface area contributed by atoms with Crippen LogP contribution < -0.4 is 5.73 Å². The summed E-state index contributed by atoms with van der Waals surface area (Å²) in [6.45, 7) is 1.86. The minimum absolute atomic E-state index is 0.0318. The number of hydrogen-bond donors (Lipinski definition) is 1. The first-order chi connectivity index (χ1) is 11.2. The van der Waals surface area contributed by atoms with Crippen LogP contribution in [0.3, 0.4) is 0 Å². The van der Waals surface area contributed by atoms with Gasteiger partial charge < -0.3 is 15.4 Å². The predicted octanol–water partition coefficient (Wildman–Crippen LogP) is 2.80. The van der Waals surface area contributed by atoms with Crippen LogP contribution in [-0.2, 0) is 16.0 Å². The number of carbonyl (C=O) groups is 1. The van der Waals surface area contributed by atoms with Crippen molar-refractivity contribution in [3.05, 3.63) is 65.7 Å². The van der Waals surface area contributed by atoms with E-state index in [-0.39, 0.29) is 12.0 Å². The van der Waals surface area contributed by atoms with Crippen molar-refractivity contribution in [2.45, 2.75) is 18.9 Å². The maximum absolute atomic E-state index is 12.5. The van der Waals surface area contributed by atoms with Crippen molar-refractivity contribution in [3.63, 3.8) is 0 Å². The van der Waals surface area contributed by atoms with Crippen molar-refractivity contribution in [2.75, 3.05) is 25.4 Å². The Morgan fingerprint density at radius 1 is 1.13 bits per heavy atom. The number of amides is 1. The lowest BCUT2D eigenvalue weighted by atomic mass is 10.1. The van der Waals surface area contributed by atoms with Crippen LogP contribution in [0.5, 0.6) is 0 Å². The number of aryl methyl sites for hydroxylation is 1. The fraction of sp³-hybridized carbons (Fsp3) is 0.316. The Kier molecular flexibility index (Phi) is 4.93. The third-order valence-corrected chi connectivity index (χ3v) is 4.25. The molecule has 4 nitrogen and oxygen atoms in total. The van der Waals surface area contributed by atoms with Crippen molar-refractivity contribution in [3.8, 4) is 0 Å². The first-order valence-electron chi connectivity index (χ1n) is 8.02. The van der Waals surface area contributed by atoms with Crippen LogP contribution in [0.1, 0.15) is 23.7 Å². The molecule has 23 heavy (non-hydrogen) atoms. The molecule has 1 atom stereocenters. The van der Waals surface area contributed by atoms with Crippen LogP contribution in [0.4, 0.5) is 5.69 Å². The number of hydrogen-bond acceptors (Lipinski definition) is 3. The molecule has 0 aromatic heterocycles. The summed E-state index contributed by atoms with van der Waals surface area (Å²) < 4.78 is 5.81. The van der Waals surface area contributed by atoms with Gasteiger partial charge in [0.2, 0.25) is 5.91 Å². The molecule has 3 rings (SSSR count). The zero-order valence-electron chi connectivity index (χ0n) is 13.2. The molecule has 120 valence electrons. The summed E-state index contributed by atoms with van der Waals surface area (Å²) in [7, 11) is 0. The van der Waals surface area contributed by atoms with E-state index in [9.17, 15) is 4.79 Å².